The quantitative estimate of drug-likeness (QED) is 0.523. The molecule has 0 aromatic carbocycles. The standard InChI is InChI=1S/C19H21N3O2S2/c1-11(17(23)20-10-13-6-5-9-24-13)25-18-16-14-7-3-4-8-15(14)26-19(16)22-12(2)21-18/h5-6,9,11H,3-4,7-8,10H2,1-2H3,(H,20,23)/t11-/m0/s1. The van der Waals surface area contributed by atoms with Crippen LogP contribution < -0.4 is 5.32 Å². The van der Waals surface area contributed by atoms with E-state index < -0.39 is 0 Å². The third-order valence-electron chi connectivity index (χ3n) is 4.57. The first kappa shape index (κ1) is 17.5. The van der Waals surface area contributed by atoms with Gasteiger partial charge in [-0.3, -0.25) is 4.79 Å². The van der Waals surface area contributed by atoms with Gasteiger partial charge in [-0.2, -0.15) is 0 Å². The molecule has 0 saturated carbocycles. The van der Waals surface area contributed by atoms with E-state index in [-0.39, 0.29) is 11.2 Å². The van der Waals surface area contributed by atoms with Crippen LogP contribution in [0.3, 0.4) is 0 Å². The highest BCUT2D eigenvalue weighted by Crippen LogP contribution is 2.40. The van der Waals surface area contributed by atoms with Gasteiger partial charge < -0.3 is 9.73 Å². The maximum absolute atomic E-state index is 12.5. The second-order valence-corrected chi connectivity index (χ2v) is 8.94. The number of carbonyl (C=O) groups excluding carboxylic acids is 1. The molecular weight excluding hydrogens is 366 g/mol. The Morgan fingerprint density at radius 2 is 2.23 bits per heavy atom. The number of carbonyl (C=O) groups is 1. The molecule has 1 N–H and O–H groups in total. The van der Waals surface area contributed by atoms with Crippen molar-refractivity contribution in [2.24, 2.45) is 0 Å². The summed E-state index contributed by atoms with van der Waals surface area (Å²) >= 11 is 3.32. The summed E-state index contributed by atoms with van der Waals surface area (Å²) < 4.78 is 5.27. The normalized spacial score (nSPS) is 15.0. The number of thioether (sulfide) groups is 1. The molecule has 0 spiro atoms. The SMILES string of the molecule is Cc1nc(S[C@@H](C)C(=O)NCc2ccco2)c2c3c(sc2n1)CCCC3. The number of fused-ring (bicyclic) bond motifs is 3. The number of rotatable bonds is 5. The Labute approximate surface area is 160 Å². The Balaban J connectivity index is 1.56. The van der Waals surface area contributed by atoms with Crippen LogP contribution in [0.1, 0.15) is 41.8 Å². The van der Waals surface area contributed by atoms with Crippen LogP contribution in [0, 0.1) is 6.92 Å². The molecule has 136 valence electrons. The zero-order chi connectivity index (χ0) is 18.1. The lowest BCUT2D eigenvalue weighted by Crippen LogP contribution is -2.30. The van der Waals surface area contributed by atoms with Gasteiger partial charge in [0.05, 0.1) is 18.1 Å². The Morgan fingerprint density at radius 3 is 3.04 bits per heavy atom. The summed E-state index contributed by atoms with van der Waals surface area (Å²) in [5, 5.41) is 4.80. The molecule has 0 radical (unpaired) electrons. The third kappa shape index (κ3) is 3.50. The summed E-state index contributed by atoms with van der Waals surface area (Å²) in [6.45, 7) is 4.25. The van der Waals surface area contributed by atoms with E-state index in [0.29, 0.717) is 6.54 Å². The topological polar surface area (TPSA) is 68.0 Å². The molecule has 3 aromatic heterocycles. The van der Waals surface area contributed by atoms with E-state index in [0.717, 1.165) is 34.3 Å². The lowest BCUT2D eigenvalue weighted by Gasteiger charge is -2.14. The second-order valence-electron chi connectivity index (χ2n) is 6.52. The van der Waals surface area contributed by atoms with Crippen LogP contribution >= 0.6 is 23.1 Å². The number of nitrogens with zero attached hydrogens (tertiary/aromatic N) is 2. The van der Waals surface area contributed by atoms with Crippen LogP contribution in [-0.4, -0.2) is 21.1 Å². The molecule has 1 atom stereocenters. The van der Waals surface area contributed by atoms with E-state index in [1.807, 2.05) is 26.0 Å². The third-order valence-corrected chi connectivity index (χ3v) is 6.84. The first-order valence-electron chi connectivity index (χ1n) is 8.87. The predicted octanol–water partition coefficient (Wildman–Crippen LogP) is 4.27. The fraction of sp³-hybridized carbons (Fsp3) is 0.421. The van der Waals surface area contributed by atoms with Crippen molar-refractivity contribution in [3.8, 4) is 0 Å². The van der Waals surface area contributed by atoms with Crippen molar-refractivity contribution in [3.05, 3.63) is 40.4 Å². The smallest absolute Gasteiger partial charge is 0.233 e. The largest absolute Gasteiger partial charge is 0.467 e. The summed E-state index contributed by atoms with van der Waals surface area (Å²) in [6.07, 6.45) is 6.31. The Bertz CT molecular complexity index is 934. The minimum atomic E-state index is -0.235. The first-order chi connectivity index (χ1) is 12.6. The summed E-state index contributed by atoms with van der Waals surface area (Å²) in [7, 11) is 0. The van der Waals surface area contributed by atoms with Gasteiger partial charge in [0.25, 0.3) is 0 Å². The van der Waals surface area contributed by atoms with Crippen LogP contribution in [0.25, 0.3) is 10.2 Å². The molecule has 0 saturated heterocycles. The number of hydrogen-bond acceptors (Lipinski definition) is 6. The number of aryl methyl sites for hydroxylation is 3. The van der Waals surface area contributed by atoms with Crippen LogP contribution in [0.4, 0.5) is 0 Å². The number of furan rings is 1. The maximum Gasteiger partial charge on any atom is 0.233 e. The maximum atomic E-state index is 12.5. The van der Waals surface area contributed by atoms with Crippen LogP contribution in [-0.2, 0) is 24.2 Å². The average Bonchev–Trinajstić information content (AvgIpc) is 3.26. The molecule has 3 aromatic rings. The summed E-state index contributed by atoms with van der Waals surface area (Å²) in [5.41, 5.74) is 1.40. The van der Waals surface area contributed by atoms with E-state index in [9.17, 15) is 4.79 Å². The molecule has 0 fully saturated rings. The van der Waals surface area contributed by atoms with Crippen LogP contribution in [0.15, 0.2) is 27.8 Å². The van der Waals surface area contributed by atoms with Crippen molar-refractivity contribution < 1.29 is 9.21 Å². The lowest BCUT2D eigenvalue weighted by atomic mass is 9.97. The van der Waals surface area contributed by atoms with Crippen LogP contribution in [0.2, 0.25) is 0 Å². The molecule has 26 heavy (non-hydrogen) atoms. The molecule has 7 heteroatoms. The van der Waals surface area contributed by atoms with Gasteiger partial charge in [0.15, 0.2) is 0 Å². The average molecular weight is 388 g/mol. The van der Waals surface area contributed by atoms with E-state index in [1.165, 1.54) is 40.4 Å². The molecule has 4 rings (SSSR count). The highest BCUT2D eigenvalue weighted by Gasteiger charge is 2.23. The zero-order valence-electron chi connectivity index (χ0n) is 14.9. The minimum Gasteiger partial charge on any atom is -0.467 e. The van der Waals surface area contributed by atoms with Crippen molar-refractivity contribution in [2.75, 3.05) is 0 Å². The molecule has 1 aliphatic carbocycles. The molecular formula is C19H21N3O2S2. The van der Waals surface area contributed by atoms with Gasteiger partial charge in [-0.15, -0.1) is 11.3 Å². The second kappa shape index (κ2) is 7.40. The Hall–Kier alpha value is -1.86. The van der Waals surface area contributed by atoms with Gasteiger partial charge in [-0.05, 0) is 57.2 Å². The summed E-state index contributed by atoms with van der Waals surface area (Å²) in [4.78, 5) is 24.3. The van der Waals surface area contributed by atoms with Gasteiger partial charge in [-0.1, -0.05) is 11.8 Å². The molecule has 1 amide bonds. The molecule has 0 aliphatic heterocycles. The summed E-state index contributed by atoms with van der Waals surface area (Å²) in [6, 6.07) is 3.67. The molecule has 0 unspecified atom stereocenters. The van der Waals surface area contributed by atoms with Gasteiger partial charge in [0.1, 0.15) is 21.4 Å². The van der Waals surface area contributed by atoms with Crippen molar-refractivity contribution in [1.29, 1.82) is 0 Å². The molecule has 3 heterocycles. The number of thiophene rings is 1. The Kier molecular flexibility index (Phi) is 5.00. The monoisotopic (exact) mass is 387 g/mol. The lowest BCUT2D eigenvalue weighted by molar-refractivity contribution is -0.120. The van der Waals surface area contributed by atoms with Crippen molar-refractivity contribution in [1.82, 2.24) is 15.3 Å². The fourth-order valence-electron chi connectivity index (χ4n) is 3.26. The van der Waals surface area contributed by atoms with E-state index in [2.05, 4.69) is 15.3 Å². The number of hydrogen-bond donors (Lipinski definition) is 1. The van der Waals surface area contributed by atoms with Gasteiger partial charge in [0, 0.05) is 10.3 Å². The number of amides is 1. The van der Waals surface area contributed by atoms with E-state index >= 15 is 0 Å². The van der Waals surface area contributed by atoms with Crippen molar-refractivity contribution in [2.45, 2.75) is 56.4 Å². The molecule has 0 bridgehead atoms. The van der Waals surface area contributed by atoms with E-state index in [4.69, 9.17) is 4.42 Å². The zero-order valence-corrected chi connectivity index (χ0v) is 16.5. The minimum absolute atomic E-state index is 0.0140. The molecule has 5 nitrogen and oxygen atoms in total. The van der Waals surface area contributed by atoms with Crippen LogP contribution in [0.5, 0.6) is 0 Å². The highest BCUT2D eigenvalue weighted by molar-refractivity contribution is 8.00. The van der Waals surface area contributed by atoms with Crippen molar-refractivity contribution in [3.63, 3.8) is 0 Å². The molecule has 1 aliphatic rings. The number of nitrogens with one attached hydrogen (secondary N) is 1. The van der Waals surface area contributed by atoms with Gasteiger partial charge in [-0.25, -0.2) is 9.97 Å². The Morgan fingerprint density at radius 1 is 1.38 bits per heavy atom. The van der Waals surface area contributed by atoms with Gasteiger partial charge >= 0.3 is 0 Å². The van der Waals surface area contributed by atoms with Gasteiger partial charge in [0.2, 0.25) is 5.91 Å². The highest BCUT2D eigenvalue weighted by atomic mass is 32.2. The first-order valence-corrected chi connectivity index (χ1v) is 10.6. The predicted molar refractivity (Wildman–Crippen MR) is 105 cm³/mol. The number of aromatic nitrogens is 2. The fourth-order valence-corrected chi connectivity index (χ4v) is 5.68. The summed E-state index contributed by atoms with van der Waals surface area (Å²) in [5.74, 6) is 1.50. The van der Waals surface area contributed by atoms with E-state index in [1.54, 1.807) is 17.6 Å². The van der Waals surface area contributed by atoms with Crippen molar-refractivity contribution >= 4 is 39.2 Å².